The lowest BCUT2D eigenvalue weighted by Crippen LogP contribution is -2.43. The predicted molar refractivity (Wildman–Crippen MR) is 144 cm³/mol. The number of rotatable bonds is 5. The number of amides is 1. The molecule has 41 heavy (non-hydrogen) atoms. The number of hydrogen-bond acceptors (Lipinski definition) is 8. The van der Waals surface area contributed by atoms with Gasteiger partial charge in [0.1, 0.15) is 29.9 Å². The average Bonchev–Trinajstić information content (AvgIpc) is 3.49. The number of phenols is 1. The van der Waals surface area contributed by atoms with E-state index in [0.29, 0.717) is 50.8 Å². The zero-order valence-electron chi connectivity index (χ0n) is 22.4. The summed E-state index contributed by atoms with van der Waals surface area (Å²) in [6.07, 6.45) is 2.02. The van der Waals surface area contributed by atoms with Gasteiger partial charge in [-0.1, -0.05) is 6.07 Å². The molecule has 0 saturated carbocycles. The van der Waals surface area contributed by atoms with Crippen LogP contribution in [0.2, 0.25) is 0 Å². The third-order valence-electron chi connectivity index (χ3n) is 8.73. The van der Waals surface area contributed by atoms with Crippen LogP contribution in [-0.2, 0) is 11.3 Å². The molecule has 0 aliphatic carbocycles. The zero-order chi connectivity index (χ0) is 28.3. The van der Waals surface area contributed by atoms with Crippen molar-refractivity contribution in [2.75, 3.05) is 55.8 Å². The second-order valence-electron chi connectivity index (χ2n) is 11.3. The van der Waals surface area contributed by atoms with E-state index in [2.05, 4.69) is 14.9 Å². The molecule has 0 bridgehead atoms. The van der Waals surface area contributed by atoms with E-state index in [-0.39, 0.29) is 46.9 Å². The summed E-state index contributed by atoms with van der Waals surface area (Å²) in [7, 11) is 0. The Hall–Kier alpha value is -3.64. The molecule has 216 valence electrons. The lowest BCUT2D eigenvalue weighted by Gasteiger charge is -2.31. The van der Waals surface area contributed by atoms with Crippen LogP contribution >= 0.6 is 0 Å². The number of nitrogens with zero attached hydrogens (tertiary/aromatic N) is 5. The topological polar surface area (TPSA) is 91.3 Å². The van der Waals surface area contributed by atoms with Gasteiger partial charge in [0.05, 0.1) is 30.1 Å². The summed E-state index contributed by atoms with van der Waals surface area (Å²) in [6, 6.07) is 4.99. The number of halogens is 3. The second-order valence-corrected chi connectivity index (χ2v) is 11.3. The Morgan fingerprint density at radius 2 is 2.00 bits per heavy atom. The van der Waals surface area contributed by atoms with Crippen LogP contribution in [0.1, 0.15) is 41.7 Å². The fraction of sp³-hybridized carbons (Fsp3) is 0.483. The van der Waals surface area contributed by atoms with E-state index in [4.69, 9.17) is 9.47 Å². The Labute approximate surface area is 234 Å². The Balaban J connectivity index is 1.28. The molecule has 3 saturated heterocycles. The van der Waals surface area contributed by atoms with Gasteiger partial charge in [0.2, 0.25) is 0 Å². The van der Waals surface area contributed by atoms with Gasteiger partial charge in [-0.2, -0.15) is 9.97 Å². The molecule has 12 heteroatoms. The molecule has 2 aromatic carbocycles. The second kappa shape index (κ2) is 10.0. The molecular formula is C29H30F3N5O4. The van der Waals surface area contributed by atoms with Gasteiger partial charge in [-0.3, -0.25) is 9.69 Å². The minimum atomic E-state index is -1.11. The lowest BCUT2D eigenvalue weighted by atomic mass is 9.95. The number of benzene rings is 2. The Bertz CT molecular complexity index is 1530. The first-order valence-corrected chi connectivity index (χ1v) is 14.0. The molecule has 2 atom stereocenters. The standard InChI is InChI=1S/C29H30F3N5O4/c30-18-13-29(5-1-7-36(29)14-18)16-41-28-33-21-15-37(22-12-19(38)11-17-3-4-20(31)25(32)23(17)22)27(39)24(21)26(34-28)35-6-2-9-40-10-8-35/h3-4,11-12,18,38H,1-2,5-10,13-16H2. The fourth-order valence-electron chi connectivity index (χ4n) is 6.83. The highest BCUT2D eigenvalue weighted by Crippen LogP contribution is 2.42. The summed E-state index contributed by atoms with van der Waals surface area (Å²) >= 11 is 0. The number of carbonyl (C=O) groups is 1. The van der Waals surface area contributed by atoms with E-state index in [1.165, 1.54) is 23.1 Å². The molecule has 9 nitrogen and oxygen atoms in total. The minimum absolute atomic E-state index is 0.0352. The molecule has 1 amide bonds. The van der Waals surface area contributed by atoms with Crippen molar-refractivity contribution in [2.24, 2.45) is 0 Å². The van der Waals surface area contributed by atoms with Gasteiger partial charge >= 0.3 is 6.01 Å². The number of aromatic nitrogens is 2. The van der Waals surface area contributed by atoms with Crippen LogP contribution in [0.25, 0.3) is 10.8 Å². The maximum absolute atomic E-state index is 15.1. The molecule has 0 spiro atoms. The number of phenolic OH excluding ortho intramolecular Hbond substituents is 1. The summed E-state index contributed by atoms with van der Waals surface area (Å²) in [5, 5.41) is 10.5. The van der Waals surface area contributed by atoms with Crippen LogP contribution in [0.4, 0.5) is 24.7 Å². The molecule has 2 unspecified atom stereocenters. The molecule has 3 fully saturated rings. The van der Waals surface area contributed by atoms with Crippen molar-refractivity contribution in [1.29, 1.82) is 0 Å². The molecule has 1 N–H and O–H groups in total. The first-order valence-electron chi connectivity index (χ1n) is 14.0. The monoisotopic (exact) mass is 569 g/mol. The van der Waals surface area contributed by atoms with Gasteiger partial charge in [0.25, 0.3) is 5.91 Å². The Morgan fingerprint density at radius 1 is 1.12 bits per heavy atom. The Kier molecular flexibility index (Phi) is 6.42. The lowest BCUT2D eigenvalue weighted by molar-refractivity contribution is 0.0996. The number of anilines is 2. The highest BCUT2D eigenvalue weighted by atomic mass is 19.2. The quantitative estimate of drug-likeness (QED) is 0.494. The summed E-state index contributed by atoms with van der Waals surface area (Å²) in [6.45, 7) is 3.51. The van der Waals surface area contributed by atoms with Crippen molar-refractivity contribution in [1.82, 2.24) is 14.9 Å². The number of alkyl halides is 1. The highest BCUT2D eigenvalue weighted by Gasteiger charge is 2.49. The third kappa shape index (κ3) is 4.44. The van der Waals surface area contributed by atoms with Crippen molar-refractivity contribution < 1.29 is 32.5 Å². The first kappa shape index (κ1) is 26.3. The van der Waals surface area contributed by atoms with Crippen LogP contribution in [0.15, 0.2) is 24.3 Å². The number of carbonyl (C=O) groups excluding carboxylic acids is 1. The van der Waals surface area contributed by atoms with Crippen LogP contribution in [0, 0.1) is 11.6 Å². The maximum atomic E-state index is 15.1. The number of ether oxygens (including phenoxy) is 2. The molecule has 5 heterocycles. The van der Waals surface area contributed by atoms with Crippen molar-refractivity contribution in [3.63, 3.8) is 0 Å². The molecule has 0 radical (unpaired) electrons. The summed E-state index contributed by atoms with van der Waals surface area (Å²) < 4.78 is 55.4. The highest BCUT2D eigenvalue weighted by molar-refractivity contribution is 6.16. The van der Waals surface area contributed by atoms with Gasteiger partial charge < -0.3 is 24.4 Å². The van der Waals surface area contributed by atoms with Gasteiger partial charge in [0.15, 0.2) is 11.6 Å². The van der Waals surface area contributed by atoms with Crippen molar-refractivity contribution in [2.45, 2.75) is 43.9 Å². The molecule has 4 aliphatic rings. The summed E-state index contributed by atoms with van der Waals surface area (Å²) in [4.78, 5) is 28.6. The van der Waals surface area contributed by atoms with Crippen LogP contribution in [0.3, 0.4) is 0 Å². The predicted octanol–water partition coefficient (Wildman–Crippen LogP) is 3.96. The van der Waals surface area contributed by atoms with E-state index < -0.39 is 29.3 Å². The largest absolute Gasteiger partial charge is 0.508 e. The molecule has 7 rings (SSSR count). The van der Waals surface area contributed by atoms with Crippen molar-refractivity contribution >= 4 is 28.2 Å². The van der Waals surface area contributed by atoms with Crippen LogP contribution < -0.4 is 14.5 Å². The molecule has 1 aromatic heterocycles. The van der Waals surface area contributed by atoms with E-state index >= 15 is 4.39 Å². The smallest absolute Gasteiger partial charge is 0.318 e. The normalized spacial score (nSPS) is 24.7. The van der Waals surface area contributed by atoms with E-state index in [1.807, 2.05) is 4.90 Å². The van der Waals surface area contributed by atoms with Crippen LogP contribution in [-0.4, -0.2) is 83.6 Å². The van der Waals surface area contributed by atoms with Crippen molar-refractivity contribution in [3.05, 3.63) is 47.2 Å². The number of aromatic hydroxyl groups is 1. The number of hydrogen-bond donors (Lipinski definition) is 1. The Morgan fingerprint density at radius 3 is 2.88 bits per heavy atom. The molecule has 4 aliphatic heterocycles. The maximum Gasteiger partial charge on any atom is 0.318 e. The SMILES string of the molecule is O=C1c2c(nc(OCC34CCCN3CC(F)C4)nc2N2CCCOCC2)CN1c1cc(O)cc2ccc(F)c(F)c12. The number of fused-ring (bicyclic) bond motifs is 3. The minimum Gasteiger partial charge on any atom is -0.508 e. The zero-order valence-corrected chi connectivity index (χ0v) is 22.4. The van der Waals surface area contributed by atoms with Gasteiger partial charge in [0, 0.05) is 44.1 Å². The fourth-order valence-corrected chi connectivity index (χ4v) is 6.83. The van der Waals surface area contributed by atoms with Crippen LogP contribution in [0.5, 0.6) is 11.8 Å². The van der Waals surface area contributed by atoms with Gasteiger partial charge in [-0.05, 0) is 43.3 Å². The molecular weight excluding hydrogens is 539 g/mol. The van der Waals surface area contributed by atoms with Gasteiger partial charge in [-0.15, -0.1) is 0 Å². The molecule has 3 aromatic rings. The summed E-state index contributed by atoms with van der Waals surface area (Å²) in [5.74, 6) is -2.46. The first-order chi connectivity index (χ1) is 19.8. The third-order valence-corrected chi connectivity index (χ3v) is 8.73. The van der Waals surface area contributed by atoms with E-state index in [1.54, 1.807) is 0 Å². The van der Waals surface area contributed by atoms with Crippen molar-refractivity contribution in [3.8, 4) is 11.8 Å². The summed E-state index contributed by atoms with van der Waals surface area (Å²) in [5.41, 5.74) is 0.262. The van der Waals surface area contributed by atoms with E-state index in [0.717, 1.165) is 31.9 Å². The van der Waals surface area contributed by atoms with E-state index in [9.17, 15) is 18.7 Å². The average molecular weight is 570 g/mol. The van der Waals surface area contributed by atoms with Gasteiger partial charge in [-0.25, -0.2) is 13.2 Å².